The first-order valence-electron chi connectivity index (χ1n) is 10.2. The average Bonchev–Trinajstić information content (AvgIpc) is 3.39. The molecule has 0 N–H and O–H groups in total. The summed E-state index contributed by atoms with van der Waals surface area (Å²) in [4.78, 5) is 21.5. The van der Waals surface area contributed by atoms with Crippen LogP contribution in [-0.4, -0.2) is 56.7 Å². The van der Waals surface area contributed by atoms with Crippen LogP contribution in [0.25, 0.3) is 0 Å². The molecule has 1 atom stereocenters. The number of pyridine rings is 1. The van der Waals surface area contributed by atoms with E-state index in [9.17, 15) is 4.79 Å². The van der Waals surface area contributed by atoms with Crippen molar-refractivity contribution in [1.29, 1.82) is 0 Å². The molecule has 2 fully saturated rings. The van der Waals surface area contributed by atoms with Gasteiger partial charge in [-0.2, -0.15) is 5.10 Å². The Morgan fingerprint density at radius 2 is 1.96 bits per heavy atom. The molecule has 2 saturated heterocycles. The summed E-state index contributed by atoms with van der Waals surface area (Å²) >= 11 is 0. The molecule has 0 saturated carbocycles. The van der Waals surface area contributed by atoms with Crippen LogP contribution in [0.2, 0.25) is 0 Å². The number of nitrogens with zero attached hydrogens (tertiary/aromatic N) is 5. The fourth-order valence-corrected chi connectivity index (χ4v) is 4.52. The van der Waals surface area contributed by atoms with Gasteiger partial charge in [-0.05, 0) is 62.7 Å². The quantitative estimate of drug-likeness (QED) is 0.815. The maximum atomic E-state index is 12.7. The van der Waals surface area contributed by atoms with E-state index in [0.29, 0.717) is 5.92 Å². The highest BCUT2D eigenvalue weighted by Crippen LogP contribution is 2.32. The fourth-order valence-electron chi connectivity index (χ4n) is 4.52. The van der Waals surface area contributed by atoms with Gasteiger partial charge < -0.3 is 4.90 Å². The van der Waals surface area contributed by atoms with Crippen LogP contribution in [-0.2, 0) is 13.1 Å². The molecule has 2 aliphatic heterocycles. The SMILES string of the molecule is CCn1cc(C(=O)N2CC[C@H](C3CCN(Cc4cccnc4)CC3)C2)cn1. The van der Waals surface area contributed by atoms with Gasteiger partial charge in [-0.3, -0.25) is 19.4 Å². The Labute approximate surface area is 161 Å². The van der Waals surface area contributed by atoms with Gasteiger partial charge >= 0.3 is 0 Å². The lowest BCUT2D eigenvalue weighted by molar-refractivity contribution is 0.0773. The first-order valence-corrected chi connectivity index (χ1v) is 10.2. The Morgan fingerprint density at radius 3 is 2.67 bits per heavy atom. The van der Waals surface area contributed by atoms with Crippen LogP contribution < -0.4 is 0 Å². The molecule has 4 rings (SSSR count). The topological polar surface area (TPSA) is 54.3 Å². The monoisotopic (exact) mass is 367 g/mol. The molecule has 0 unspecified atom stereocenters. The van der Waals surface area contributed by atoms with E-state index in [-0.39, 0.29) is 5.91 Å². The minimum Gasteiger partial charge on any atom is -0.338 e. The van der Waals surface area contributed by atoms with Crippen LogP contribution in [0.4, 0.5) is 0 Å². The summed E-state index contributed by atoms with van der Waals surface area (Å²) in [5, 5.41) is 4.24. The normalized spacial score (nSPS) is 21.7. The molecule has 2 aliphatic rings. The van der Waals surface area contributed by atoms with Crippen LogP contribution in [0, 0.1) is 11.8 Å². The maximum absolute atomic E-state index is 12.7. The van der Waals surface area contributed by atoms with E-state index in [4.69, 9.17) is 0 Å². The smallest absolute Gasteiger partial charge is 0.257 e. The molecule has 0 spiro atoms. The van der Waals surface area contributed by atoms with Crippen LogP contribution in [0.1, 0.15) is 42.1 Å². The van der Waals surface area contributed by atoms with Crippen LogP contribution in [0.3, 0.4) is 0 Å². The van der Waals surface area contributed by atoms with Crippen molar-refractivity contribution in [3.8, 4) is 0 Å². The summed E-state index contributed by atoms with van der Waals surface area (Å²) in [6.07, 6.45) is 11.0. The van der Waals surface area contributed by atoms with Gasteiger partial charge in [0.05, 0.1) is 11.8 Å². The molecule has 2 aromatic heterocycles. The zero-order valence-electron chi connectivity index (χ0n) is 16.1. The highest BCUT2D eigenvalue weighted by Gasteiger charge is 2.34. The number of aryl methyl sites for hydroxylation is 1. The second-order valence-corrected chi connectivity index (χ2v) is 7.86. The minimum absolute atomic E-state index is 0.145. The molecular formula is C21H29N5O. The van der Waals surface area contributed by atoms with Gasteiger partial charge in [-0.1, -0.05) is 6.07 Å². The number of carbonyl (C=O) groups excluding carboxylic acids is 1. The number of likely N-dealkylation sites (tertiary alicyclic amines) is 2. The first-order chi connectivity index (χ1) is 13.2. The van der Waals surface area contributed by atoms with Gasteiger partial charge in [0, 0.05) is 44.8 Å². The molecule has 144 valence electrons. The van der Waals surface area contributed by atoms with Crippen molar-refractivity contribution in [2.75, 3.05) is 26.2 Å². The van der Waals surface area contributed by atoms with Gasteiger partial charge in [0.1, 0.15) is 0 Å². The predicted molar refractivity (Wildman–Crippen MR) is 104 cm³/mol. The Kier molecular flexibility index (Phi) is 5.53. The van der Waals surface area contributed by atoms with Gasteiger partial charge in [0.25, 0.3) is 5.91 Å². The van der Waals surface area contributed by atoms with Crippen molar-refractivity contribution >= 4 is 5.91 Å². The summed E-state index contributed by atoms with van der Waals surface area (Å²) in [7, 11) is 0. The minimum atomic E-state index is 0.145. The molecule has 6 heteroatoms. The highest BCUT2D eigenvalue weighted by atomic mass is 16.2. The molecule has 0 radical (unpaired) electrons. The molecule has 0 aromatic carbocycles. The zero-order chi connectivity index (χ0) is 18.6. The van der Waals surface area contributed by atoms with Crippen LogP contribution in [0.5, 0.6) is 0 Å². The second kappa shape index (κ2) is 8.21. The number of carbonyl (C=O) groups is 1. The molecule has 4 heterocycles. The third-order valence-electron chi connectivity index (χ3n) is 6.14. The fraction of sp³-hybridized carbons (Fsp3) is 0.571. The number of amides is 1. The van der Waals surface area contributed by atoms with E-state index in [2.05, 4.69) is 21.0 Å². The zero-order valence-corrected chi connectivity index (χ0v) is 16.1. The summed E-state index contributed by atoms with van der Waals surface area (Å²) in [5.41, 5.74) is 2.02. The van der Waals surface area contributed by atoms with Crippen LogP contribution in [0.15, 0.2) is 36.9 Å². The maximum Gasteiger partial charge on any atom is 0.257 e. The Bertz CT molecular complexity index is 751. The Morgan fingerprint density at radius 1 is 1.15 bits per heavy atom. The standard InChI is InChI=1S/C21H29N5O/c1-2-26-16-20(13-23-26)21(27)25-11-7-19(15-25)18-5-9-24(10-6-18)14-17-4-3-8-22-12-17/h3-4,8,12-13,16,18-19H,2,5-7,9-11,14-15H2,1H3/t19-/m0/s1. The molecular weight excluding hydrogens is 338 g/mol. The molecule has 2 aromatic rings. The van der Waals surface area contributed by atoms with E-state index < -0.39 is 0 Å². The van der Waals surface area contributed by atoms with Crippen LogP contribution >= 0.6 is 0 Å². The highest BCUT2D eigenvalue weighted by molar-refractivity contribution is 5.93. The van der Waals surface area contributed by atoms with Crippen molar-refractivity contribution < 1.29 is 4.79 Å². The summed E-state index contributed by atoms with van der Waals surface area (Å²) in [6.45, 7) is 7.92. The summed E-state index contributed by atoms with van der Waals surface area (Å²) in [6, 6.07) is 4.16. The Balaban J connectivity index is 1.27. The van der Waals surface area contributed by atoms with Gasteiger partial charge in [0.2, 0.25) is 0 Å². The predicted octanol–water partition coefficient (Wildman–Crippen LogP) is 2.67. The Hall–Kier alpha value is -2.21. The second-order valence-electron chi connectivity index (χ2n) is 7.86. The molecule has 1 amide bonds. The number of aromatic nitrogens is 3. The lowest BCUT2D eigenvalue weighted by Gasteiger charge is -2.34. The molecule has 0 bridgehead atoms. The van der Waals surface area contributed by atoms with E-state index in [1.54, 1.807) is 6.20 Å². The molecule has 27 heavy (non-hydrogen) atoms. The first kappa shape index (κ1) is 18.2. The van der Waals surface area contributed by atoms with E-state index in [1.807, 2.05) is 41.2 Å². The number of hydrogen-bond acceptors (Lipinski definition) is 4. The van der Waals surface area contributed by atoms with E-state index in [0.717, 1.165) is 57.2 Å². The van der Waals surface area contributed by atoms with Crippen molar-refractivity contribution in [1.82, 2.24) is 24.6 Å². The van der Waals surface area contributed by atoms with Crippen molar-refractivity contribution in [2.24, 2.45) is 11.8 Å². The summed E-state index contributed by atoms with van der Waals surface area (Å²) in [5.74, 6) is 1.54. The average molecular weight is 367 g/mol. The van der Waals surface area contributed by atoms with Gasteiger partial charge in [-0.25, -0.2) is 0 Å². The van der Waals surface area contributed by atoms with E-state index in [1.165, 1.54) is 18.4 Å². The van der Waals surface area contributed by atoms with Crippen molar-refractivity contribution in [3.05, 3.63) is 48.0 Å². The third kappa shape index (κ3) is 4.21. The number of piperidine rings is 1. The van der Waals surface area contributed by atoms with E-state index >= 15 is 0 Å². The lowest BCUT2D eigenvalue weighted by atomic mass is 9.83. The molecule has 6 nitrogen and oxygen atoms in total. The summed E-state index contributed by atoms with van der Waals surface area (Å²) < 4.78 is 1.82. The number of rotatable bonds is 5. The third-order valence-corrected chi connectivity index (χ3v) is 6.14. The number of hydrogen-bond donors (Lipinski definition) is 0. The van der Waals surface area contributed by atoms with Crippen molar-refractivity contribution in [3.63, 3.8) is 0 Å². The lowest BCUT2D eigenvalue weighted by Crippen LogP contribution is -2.37. The van der Waals surface area contributed by atoms with Gasteiger partial charge in [-0.15, -0.1) is 0 Å². The molecule has 0 aliphatic carbocycles. The van der Waals surface area contributed by atoms with Gasteiger partial charge in [0.15, 0.2) is 0 Å². The van der Waals surface area contributed by atoms with Crippen molar-refractivity contribution in [2.45, 2.75) is 39.3 Å². The largest absolute Gasteiger partial charge is 0.338 e.